The Kier molecular flexibility index (Phi) is 5.27. The molecule has 3 aromatic heterocycles. The number of rotatable bonds is 4. The van der Waals surface area contributed by atoms with E-state index in [2.05, 4.69) is 27.8 Å². The second-order valence-electron chi connectivity index (χ2n) is 9.09. The number of hydrogen-bond donors (Lipinski definition) is 0. The molecule has 6 nitrogen and oxygen atoms in total. The van der Waals surface area contributed by atoms with Gasteiger partial charge in [0, 0.05) is 30.6 Å². The topological polar surface area (TPSA) is 57.6 Å². The minimum atomic E-state index is -0.168. The van der Waals surface area contributed by atoms with Crippen LogP contribution in [0.2, 0.25) is 5.02 Å². The number of aryl methyl sites for hydroxylation is 3. The number of nitrogens with zero attached hydrogens (tertiary/aromatic N) is 5. The molecule has 178 valence electrons. The number of benzene rings is 3. The van der Waals surface area contributed by atoms with Gasteiger partial charge in [0.2, 0.25) is 0 Å². The normalized spacial score (nSPS) is 12.4. The van der Waals surface area contributed by atoms with Crippen molar-refractivity contribution in [1.82, 2.24) is 23.7 Å². The summed E-state index contributed by atoms with van der Waals surface area (Å²) >= 11 is 6.32. The van der Waals surface area contributed by atoms with Crippen LogP contribution in [0.4, 0.5) is 0 Å². The third-order valence-corrected chi connectivity index (χ3v) is 7.12. The molecule has 3 heterocycles. The summed E-state index contributed by atoms with van der Waals surface area (Å²) in [5, 5.41) is 1.61. The zero-order chi connectivity index (χ0) is 25.0. The summed E-state index contributed by atoms with van der Waals surface area (Å²) in [6.07, 6.45) is 3.72. The van der Waals surface area contributed by atoms with Gasteiger partial charge in [0.25, 0.3) is 5.56 Å². The van der Waals surface area contributed by atoms with Gasteiger partial charge in [-0.2, -0.15) is 0 Å². The molecular weight excluding hydrogens is 470 g/mol. The first-order valence-corrected chi connectivity index (χ1v) is 12.1. The molecule has 0 fully saturated rings. The van der Waals surface area contributed by atoms with Crippen LogP contribution in [0.15, 0.2) is 90.1 Å². The molecule has 6 rings (SSSR count). The Morgan fingerprint density at radius 1 is 0.917 bits per heavy atom. The third-order valence-electron chi connectivity index (χ3n) is 6.89. The molecule has 0 radical (unpaired) electrons. The summed E-state index contributed by atoms with van der Waals surface area (Å²) in [7, 11) is 3.81. The van der Waals surface area contributed by atoms with Crippen LogP contribution in [0.5, 0.6) is 0 Å². The highest BCUT2D eigenvalue weighted by atomic mass is 35.5. The fourth-order valence-electron chi connectivity index (χ4n) is 5.12. The van der Waals surface area contributed by atoms with E-state index in [4.69, 9.17) is 16.6 Å². The SMILES string of the molecule is Cc1nc2ccccc2n1C(c1ccc2c(c1)c(-c1cccc(Cl)c1)cc(=O)n2C)c1cncn1C. The number of pyridine rings is 1. The van der Waals surface area contributed by atoms with Crippen molar-refractivity contribution in [2.75, 3.05) is 0 Å². The Balaban J connectivity index is 1.67. The first-order valence-electron chi connectivity index (χ1n) is 11.7. The summed E-state index contributed by atoms with van der Waals surface area (Å²) in [6, 6.07) is 23.6. The van der Waals surface area contributed by atoms with Crippen molar-refractivity contribution in [1.29, 1.82) is 0 Å². The third kappa shape index (κ3) is 3.53. The Labute approximate surface area is 213 Å². The van der Waals surface area contributed by atoms with Crippen LogP contribution in [0.3, 0.4) is 0 Å². The lowest BCUT2D eigenvalue weighted by Gasteiger charge is -2.23. The lowest BCUT2D eigenvalue weighted by Crippen LogP contribution is -2.18. The molecule has 3 aromatic carbocycles. The van der Waals surface area contributed by atoms with Gasteiger partial charge in [-0.3, -0.25) is 4.79 Å². The van der Waals surface area contributed by atoms with Gasteiger partial charge in [0.1, 0.15) is 11.9 Å². The van der Waals surface area contributed by atoms with E-state index in [1.54, 1.807) is 17.7 Å². The van der Waals surface area contributed by atoms with Gasteiger partial charge < -0.3 is 13.7 Å². The zero-order valence-electron chi connectivity index (χ0n) is 20.2. The van der Waals surface area contributed by atoms with Gasteiger partial charge in [-0.05, 0) is 60.0 Å². The number of fused-ring (bicyclic) bond motifs is 2. The molecule has 1 unspecified atom stereocenters. The minimum Gasteiger partial charge on any atom is -0.336 e. The number of para-hydroxylation sites is 2. The van der Waals surface area contributed by atoms with Gasteiger partial charge in [-0.1, -0.05) is 41.9 Å². The molecule has 0 saturated carbocycles. The summed E-state index contributed by atoms with van der Waals surface area (Å²) in [5.74, 6) is 0.915. The molecule has 0 aliphatic carbocycles. The van der Waals surface area contributed by atoms with Crippen molar-refractivity contribution in [3.8, 4) is 11.1 Å². The second kappa shape index (κ2) is 8.50. The van der Waals surface area contributed by atoms with Crippen LogP contribution >= 0.6 is 11.6 Å². The monoisotopic (exact) mass is 493 g/mol. The highest BCUT2D eigenvalue weighted by Crippen LogP contribution is 2.35. The number of halogens is 1. The smallest absolute Gasteiger partial charge is 0.251 e. The van der Waals surface area contributed by atoms with E-state index in [0.29, 0.717) is 5.02 Å². The van der Waals surface area contributed by atoms with E-state index in [9.17, 15) is 4.79 Å². The van der Waals surface area contributed by atoms with Crippen LogP contribution in [0.1, 0.15) is 23.1 Å². The summed E-state index contributed by atoms with van der Waals surface area (Å²) in [4.78, 5) is 22.1. The van der Waals surface area contributed by atoms with Gasteiger partial charge >= 0.3 is 0 Å². The average molecular weight is 494 g/mol. The average Bonchev–Trinajstić information content (AvgIpc) is 3.44. The molecule has 0 amide bonds. The number of imidazole rings is 2. The molecular formula is C29H24ClN5O. The highest BCUT2D eigenvalue weighted by Gasteiger charge is 2.24. The fourth-order valence-corrected chi connectivity index (χ4v) is 5.31. The van der Waals surface area contributed by atoms with Crippen LogP contribution in [-0.2, 0) is 14.1 Å². The molecule has 0 aliphatic heterocycles. The lowest BCUT2D eigenvalue weighted by molar-refractivity contribution is 0.627. The van der Waals surface area contributed by atoms with Crippen molar-refractivity contribution in [2.24, 2.45) is 14.1 Å². The number of hydrogen-bond acceptors (Lipinski definition) is 3. The van der Waals surface area contributed by atoms with E-state index in [0.717, 1.165) is 50.1 Å². The van der Waals surface area contributed by atoms with E-state index in [-0.39, 0.29) is 11.6 Å². The van der Waals surface area contributed by atoms with Gasteiger partial charge in [0.05, 0.1) is 34.8 Å². The predicted molar refractivity (Wildman–Crippen MR) is 145 cm³/mol. The summed E-state index contributed by atoms with van der Waals surface area (Å²) in [5.41, 5.74) is 6.66. The zero-order valence-corrected chi connectivity index (χ0v) is 20.9. The molecule has 6 aromatic rings. The van der Waals surface area contributed by atoms with Crippen LogP contribution in [-0.4, -0.2) is 23.7 Å². The Morgan fingerprint density at radius 3 is 2.53 bits per heavy atom. The van der Waals surface area contributed by atoms with Crippen molar-refractivity contribution in [3.63, 3.8) is 0 Å². The molecule has 7 heteroatoms. The maximum Gasteiger partial charge on any atom is 0.251 e. The first-order chi connectivity index (χ1) is 17.4. The van der Waals surface area contributed by atoms with Crippen molar-refractivity contribution in [2.45, 2.75) is 13.0 Å². The maximum absolute atomic E-state index is 12.8. The summed E-state index contributed by atoms with van der Waals surface area (Å²) in [6.45, 7) is 2.03. The molecule has 36 heavy (non-hydrogen) atoms. The van der Waals surface area contributed by atoms with Crippen LogP contribution < -0.4 is 5.56 Å². The van der Waals surface area contributed by atoms with Crippen LogP contribution in [0, 0.1) is 6.92 Å². The molecule has 0 N–H and O–H groups in total. The standard InChI is InChI=1S/C29H24ClN5O/c1-18-32-24-9-4-5-10-26(24)35(18)29(27-16-31-17-33(27)2)20-11-12-25-23(14-20)22(15-28(36)34(25)3)19-7-6-8-21(30)13-19/h4-17,29H,1-3H3. The number of aromatic nitrogens is 5. The van der Waals surface area contributed by atoms with E-state index in [1.165, 1.54) is 0 Å². The van der Waals surface area contributed by atoms with Gasteiger partial charge in [-0.15, -0.1) is 0 Å². The largest absolute Gasteiger partial charge is 0.336 e. The van der Waals surface area contributed by atoms with E-state index >= 15 is 0 Å². The van der Waals surface area contributed by atoms with Crippen molar-refractivity contribution >= 4 is 33.5 Å². The first kappa shape index (κ1) is 22.3. The molecule has 0 bridgehead atoms. The summed E-state index contributed by atoms with van der Waals surface area (Å²) < 4.78 is 5.99. The quantitative estimate of drug-likeness (QED) is 0.308. The fraction of sp³-hybridized carbons (Fsp3) is 0.138. The minimum absolute atomic E-state index is 0.0649. The van der Waals surface area contributed by atoms with Crippen LogP contribution in [0.25, 0.3) is 33.1 Å². The molecule has 0 saturated heterocycles. The van der Waals surface area contributed by atoms with E-state index < -0.39 is 0 Å². The Hall–Kier alpha value is -4.16. The van der Waals surface area contributed by atoms with E-state index in [1.807, 2.05) is 79.6 Å². The Morgan fingerprint density at radius 2 is 1.75 bits per heavy atom. The lowest BCUT2D eigenvalue weighted by atomic mass is 9.96. The molecule has 1 atom stereocenters. The van der Waals surface area contributed by atoms with Crippen molar-refractivity contribution in [3.05, 3.63) is 118 Å². The molecule has 0 spiro atoms. The predicted octanol–water partition coefficient (Wildman–Crippen LogP) is 5.89. The van der Waals surface area contributed by atoms with Crippen molar-refractivity contribution < 1.29 is 0 Å². The van der Waals surface area contributed by atoms with Gasteiger partial charge in [-0.25, -0.2) is 9.97 Å². The highest BCUT2D eigenvalue weighted by molar-refractivity contribution is 6.30. The second-order valence-corrected chi connectivity index (χ2v) is 9.53. The Bertz CT molecular complexity index is 1830. The molecule has 0 aliphatic rings. The maximum atomic E-state index is 12.8. The van der Waals surface area contributed by atoms with Gasteiger partial charge in [0.15, 0.2) is 0 Å².